The molecule has 0 bridgehead atoms. The summed E-state index contributed by atoms with van der Waals surface area (Å²) in [6.07, 6.45) is 0. The van der Waals surface area contributed by atoms with Crippen LogP contribution < -0.4 is 26.4 Å². The summed E-state index contributed by atoms with van der Waals surface area (Å²) in [4.78, 5) is 30.8. The van der Waals surface area contributed by atoms with E-state index in [0.717, 1.165) is 16.7 Å². The smallest absolute Gasteiger partial charge is 0.255 e. The Morgan fingerprint density at radius 3 is 0.853 bits per heavy atom. The molecule has 5 rings (SSSR count). The Bertz CT molecular complexity index is 2930. The minimum atomic E-state index is -3.96. The molecule has 0 heterocycles. The Morgan fingerprint density at radius 1 is 0.427 bits per heavy atom. The summed E-state index contributed by atoms with van der Waals surface area (Å²) in [6, 6.07) is 45.7. The molecule has 5 aromatic rings. The van der Waals surface area contributed by atoms with E-state index >= 15 is 0 Å². The minimum absolute atomic E-state index is 0.139. The zero-order valence-corrected chi connectivity index (χ0v) is 49.4. The average Bonchev–Trinajstić information content (AvgIpc) is 3.35. The van der Waals surface area contributed by atoms with Gasteiger partial charge in [-0.05, 0) is 0 Å². The number of halogens is 2. The van der Waals surface area contributed by atoms with Crippen molar-refractivity contribution in [3.63, 3.8) is 0 Å². The van der Waals surface area contributed by atoms with Crippen molar-refractivity contribution in [2.24, 2.45) is 5.84 Å². The van der Waals surface area contributed by atoms with E-state index in [2.05, 4.69) is 32.7 Å². The van der Waals surface area contributed by atoms with Crippen LogP contribution in [0.1, 0.15) is 27.8 Å². The highest BCUT2D eigenvalue weighted by Crippen LogP contribution is 2.08. The van der Waals surface area contributed by atoms with Crippen molar-refractivity contribution < 1.29 is 34.8 Å². The highest BCUT2D eigenvalue weighted by atomic mass is 35.7. The number of nitrogens with one attached hydrogen (secondary N) is 4. The number of benzene rings is 5. The molecular weight excluding hydrogens is 1180 g/mol. The molecule has 18 nitrogen and oxygen atoms in total. The van der Waals surface area contributed by atoms with E-state index in [4.69, 9.17) is 89.2 Å². The fraction of sp³-hybridized carbons (Fsp3) is 0.174. The molecule has 0 aliphatic carbocycles. The summed E-state index contributed by atoms with van der Waals surface area (Å²) in [7, 11) is 1.05. The van der Waals surface area contributed by atoms with Gasteiger partial charge in [-0.2, -0.15) is 0 Å². The molecule has 402 valence electrons. The Hall–Kier alpha value is -5.11. The normalized spacial score (nSPS) is 10.6. The number of carbonyl (C=O) groups is 2. The molecule has 0 aromatic heterocycles. The Morgan fingerprint density at radius 2 is 0.653 bits per heavy atom. The number of nitrogens with two attached hydrogens (primary N) is 1. The second kappa shape index (κ2) is 32.5. The number of carbonyl (C=O) groups excluding carboxylic acids is 2. The first-order valence-electron chi connectivity index (χ1n) is 21.1. The van der Waals surface area contributed by atoms with E-state index in [1.54, 1.807) is 93.9 Å². The van der Waals surface area contributed by atoms with Crippen LogP contribution in [-0.4, -0.2) is 144 Å². The lowest BCUT2D eigenvalue weighted by Crippen LogP contribution is -2.49. The molecule has 2 amide bonds. The minimum Gasteiger partial charge on any atom is -0.304 e. The molecule has 0 radical (unpaired) electrons. The van der Waals surface area contributed by atoms with Crippen molar-refractivity contribution in [2.45, 2.75) is 0 Å². The van der Waals surface area contributed by atoms with Gasteiger partial charge in [0.25, 0.3) is 11.8 Å². The van der Waals surface area contributed by atoms with Crippen molar-refractivity contribution in [1.82, 2.24) is 45.6 Å². The van der Waals surface area contributed by atoms with Crippen molar-refractivity contribution in [3.05, 3.63) is 179 Å². The van der Waals surface area contributed by atoms with Crippen LogP contribution in [0.4, 0.5) is 0 Å². The lowest BCUT2D eigenvalue weighted by molar-refractivity contribution is -0.122. The lowest BCUT2D eigenvalue weighted by Gasteiger charge is -2.23. The first-order valence-corrected chi connectivity index (χ1v) is 29.7. The summed E-state index contributed by atoms with van der Waals surface area (Å²) in [5.74, 6) is 2.00. The molecule has 0 aliphatic rings. The van der Waals surface area contributed by atoms with Gasteiger partial charge in [0.1, 0.15) is 42.2 Å². The van der Waals surface area contributed by atoms with Gasteiger partial charge in [-0.1, -0.05) is 237 Å². The highest BCUT2D eigenvalue weighted by Gasteiger charge is 2.23. The summed E-state index contributed by atoms with van der Waals surface area (Å²) in [6.45, 7) is 0. The predicted octanol–water partition coefficient (Wildman–Crippen LogP) is 5.22. The molecule has 0 atom stereocenters. The highest BCUT2D eigenvalue weighted by molar-refractivity contribution is 8.15. The number of hydrogen-bond donors (Lipinski definition) is 5. The fourth-order valence-corrected chi connectivity index (χ4v) is 10.3. The van der Waals surface area contributed by atoms with Gasteiger partial charge in [0.15, 0.2) is 0 Å². The van der Waals surface area contributed by atoms with Gasteiger partial charge < -0.3 is 5.01 Å². The van der Waals surface area contributed by atoms with Gasteiger partial charge in [-0.25, -0.2) is 31.1 Å². The SMILES string of the molecule is CN(N)C(=S)c1ccccc1.CN(NC(=O)CS(=O)(=O)NN(C)C(=S)c1ccccc1)C(=S)c1ccccc1.CN(NC(=O)CS(=O)(=O)NN(C)C(=S)c1ccccc1)C(=S)c1ccccc1.O=S(=O)(Cl)CC(=S)Cl. The van der Waals surface area contributed by atoms with Gasteiger partial charge in [0, 0.05) is 73.7 Å². The topological polar surface area (TPSA) is 227 Å². The summed E-state index contributed by atoms with van der Waals surface area (Å²) in [5.41, 5.74) is 8.70. The van der Waals surface area contributed by atoms with Crippen LogP contribution in [-0.2, 0) is 38.7 Å². The molecule has 0 saturated carbocycles. The number of hydrazine groups is 5. The maximum Gasteiger partial charge on any atom is 0.255 e. The number of amides is 2. The van der Waals surface area contributed by atoms with Crippen LogP contribution in [0.15, 0.2) is 152 Å². The zero-order chi connectivity index (χ0) is 56.5. The third-order valence-corrected chi connectivity index (χ3v) is 15.2. The van der Waals surface area contributed by atoms with Crippen LogP contribution in [0, 0.1) is 0 Å². The summed E-state index contributed by atoms with van der Waals surface area (Å²) < 4.78 is 69.1. The number of rotatable bonds is 15. The number of hydrogen-bond acceptors (Lipinski definition) is 15. The van der Waals surface area contributed by atoms with Crippen molar-refractivity contribution >= 4 is 166 Å². The molecule has 6 N–H and O–H groups in total. The molecule has 5 aromatic carbocycles. The van der Waals surface area contributed by atoms with E-state index in [0.29, 0.717) is 26.1 Å². The van der Waals surface area contributed by atoms with Gasteiger partial charge in [-0.3, -0.25) is 40.5 Å². The molecule has 29 heteroatoms. The number of nitrogens with zero attached hydrogens (tertiary/aromatic N) is 5. The van der Waals surface area contributed by atoms with E-state index in [-0.39, 0.29) is 14.3 Å². The maximum absolute atomic E-state index is 12.3. The van der Waals surface area contributed by atoms with Gasteiger partial charge in [0.2, 0.25) is 29.1 Å². The largest absolute Gasteiger partial charge is 0.304 e. The van der Waals surface area contributed by atoms with Crippen LogP contribution >= 0.6 is 95.6 Å². The second-order valence-electron chi connectivity index (χ2n) is 15.0. The number of thiocarbonyl (C=S) groups is 6. The van der Waals surface area contributed by atoms with Crippen LogP contribution in [0.3, 0.4) is 0 Å². The molecule has 0 spiro atoms. The monoisotopic (exact) mass is 1230 g/mol. The van der Waals surface area contributed by atoms with Gasteiger partial charge in [-0.15, -0.1) is 9.66 Å². The van der Waals surface area contributed by atoms with E-state index in [1.165, 1.54) is 39.1 Å². The number of sulfonamides is 2. The molecule has 0 fully saturated rings. The van der Waals surface area contributed by atoms with E-state index in [1.807, 2.05) is 78.9 Å². The Kier molecular flexibility index (Phi) is 28.6. The quantitative estimate of drug-likeness (QED) is 0.0392. The standard InChI is InChI=1S/2C18H20N4O3S3.C8H10N2S.C2H2Cl2O2S2/c2*1-21(17(26)14-9-5-3-6-10-14)19-16(23)13-28(24,25)20-22(2)18(27)15-11-7-4-8-12-15;1-10(9)8(11)7-5-3-2-4-6-7;3-2(7)1-8(4,5)6/h2*3-12,20H,13H2,1-2H3,(H,19,23);2-6H,9H2,1H3;1H2. The van der Waals surface area contributed by atoms with Crippen molar-refractivity contribution in [2.75, 3.05) is 52.5 Å². The Balaban J connectivity index is 0.000000383. The van der Waals surface area contributed by atoms with Crippen LogP contribution in [0.25, 0.3) is 0 Å². The Labute approximate surface area is 479 Å². The first-order chi connectivity index (χ1) is 35.0. The van der Waals surface area contributed by atoms with Gasteiger partial charge in [0.05, 0.1) is 4.32 Å². The third-order valence-electron chi connectivity index (χ3n) is 8.71. The molecule has 0 saturated heterocycles. The van der Waals surface area contributed by atoms with Crippen LogP contribution in [0.2, 0.25) is 0 Å². The van der Waals surface area contributed by atoms with Crippen LogP contribution in [0.5, 0.6) is 0 Å². The van der Waals surface area contributed by atoms with Crippen molar-refractivity contribution in [3.8, 4) is 0 Å². The second-order valence-corrected chi connectivity index (χ2v) is 24.3. The zero-order valence-electron chi connectivity index (χ0n) is 40.6. The van der Waals surface area contributed by atoms with Crippen molar-refractivity contribution in [1.29, 1.82) is 0 Å². The maximum atomic E-state index is 12.3. The summed E-state index contributed by atoms with van der Waals surface area (Å²) >= 11 is 35.4. The third kappa shape index (κ3) is 26.5. The molecule has 0 aliphatic heterocycles. The van der Waals surface area contributed by atoms with Gasteiger partial charge >= 0.3 is 0 Å². The molecule has 0 unspecified atom stereocenters. The first kappa shape index (κ1) is 66.0. The van der Waals surface area contributed by atoms with E-state index < -0.39 is 58.2 Å². The molecular formula is C46H52Cl2N10O8S9. The average molecular weight is 1230 g/mol. The summed E-state index contributed by atoms with van der Waals surface area (Å²) in [5, 5.41) is 6.42. The predicted molar refractivity (Wildman–Crippen MR) is 322 cm³/mol. The fourth-order valence-electron chi connectivity index (χ4n) is 5.47. The molecule has 75 heavy (non-hydrogen) atoms. The van der Waals surface area contributed by atoms with E-state index in [9.17, 15) is 34.8 Å². The lowest BCUT2D eigenvalue weighted by atomic mass is 10.2.